The van der Waals surface area contributed by atoms with Gasteiger partial charge in [0.15, 0.2) is 0 Å². The SMILES string of the molecule is O=C(Nc1ncccc1Br)c1cccnc1Br. The van der Waals surface area contributed by atoms with Gasteiger partial charge in [0.2, 0.25) is 0 Å². The highest BCUT2D eigenvalue weighted by atomic mass is 79.9. The Bertz CT molecular complexity index is 560. The molecule has 1 amide bonds. The van der Waals surface area contributed by atoms with Crippen LogP contribution in [0.1, 0.15) is 10.4 Å². The molecule has 2 rings (SSSR count). The normalized spacial score (nSPS) is 10.0. The second-order valence-electron chi connectivity index (χ2n) is 3.13. The van der Waals surface area contributed by atoms with Crippen LogP contribution in [-0.2, 0) is 0 Å². The number of hydrogen-bond acceptors (Lipinski definition) is 3. The summed E-state index contributed by atoms with van der Waals surface area (Å²) in [7, 11) is 0. The Balaban J connectivity index is 2.24. The average Bonchev–Trinajstić information content (AvgIpc) is 2.32. The molecule has 2 aromatic heterocycles. The molecule has 0 bridgehead atoms. The van der Waals surface area contributed by atoms with Gasteiger partial charge in [0, 0.05) is 12.4 Å². The molecule has 6 heteroatoms. The van der Waals surface area contributed by atoms with Gasteiger partial charge in [-0.05, 0) is 56.1 Å². The van der Waals surface area contributed by atoms with Crippen molar-refractivity contribution in [3.05, 3.63) is 51.3 Å². The van der Waals surface area contributed by atoms with Gasteiger partial charge < -0.3 is 5.32 Å². The van der Waals surface area contributed by atoms with E-state index in [1.807, 2.05) is 0 Å². The Morgan fingerprint density at radius 1 is 1.12 bits per heavy atom. The van der Waals surface area contributed by atoms with Crippen LogP contribution in [0.25, 0.3) is 0 Å². The summed E-state index contributed by atoms with van der Waals surface area (Å²) in [5, 5.41) is 2.70. The van der Waals surface area contributed by atoms with Gasteiger partial charge in [-0.15, -0.1) is 0 Å². The molecule has 17 heavy (non-hydrogen) atoms. The lowest BCUT2D eigenvalue weighted by Crippen LogP contribution is -2.14. The van der Waals surface area contributed by atoms with E-state index in [9.17, 15) is 4.79 Å². The summed E-state index contributed by atoms with van der Waals surface area (Å²) in [6.07, 6.45) is 3.22. The van der Waals surface area contributed by atoms with E-state index in [1.54, 1.807) is 36.7 Å². The minimum Gasteiger partial charge on any atom is -0.306 e. The van der Waals surface area contributed by atoms with Crippen molar-refractivity contribution in [3.63, 3.8) is 0 Å². The summed E-state index contributed by atoms with van der Waals surface area (Å²) in [6.45, 7) is 0. The summed E-state index contributed by atoms with van der Waals surface area (Å²) in [4.78, 5) is 20.0. The van der Waals surface area contributed by atoms with E-state index in [0.717, 1.165) is 4.47 Å². The molecule has 0 aromatic carbocycles. The first kappa shape index (κ1) is 12.2. The quantitative estimate of drug-likeness (QED) is 0.840. The number of rotatable bonds is 2. The summed E-state index contributed by atoms with van der Waals surface area (Å²) in [5.41, 5.74) is 0.463. The van der Waals surface area contributed by atoms with Crippen LogP contribution in [0, 0.1) is 0 Å². The van der Waals surface area contributed by atoms with Crippen LogP contribution >= 0.6 is 31.9 Å². The van der Waals surface area contributed by atoms with Gasteiger partial charge in [0.25, 0.3) is 5.91 Å². The maximum Gasteiger partial charge on any atom is 0.259 e. The number of amides is 1. The summed E-state index contributed by atoms with van der Waals surface area (Å²) in [6, 6.07) is 6.97. The number of aromatic nitrogens is 2. The van der Waals surface area contributed by atoms with E-state index in [0.29, 0.717) is 16.0 Å². The Morgan fingerprint density at radius 2 is 1.82 bits per heavy atom. The Hall–Kier alpha value is -1.27. The van der Waals surface area contributed by atoms with Gasteiger partial charge in [-0.25, -0.2) is 9.97 Å². The van der Waals surface area contributed by atoms with Crippen molar-refractivity contribution in [2.45, 2.75) is 0 Å². The third-order valence-corrected chi connectivity index (χ3v) is 3.27. The summed E-state index contributed by atoms with van der Waals surface area (Å²) >= 11 is 6.54. The molecule has 0 saturated carbocycles. The van der Waals surface area contributed by atoms with E-state index in [-0.39, 0.29) is 5.91 Å². The average molecular weight is 357 g/mol. The Kier molecular flexibility index (Phi) is 3.86. The number of carbonyl (C=O) groups is 1. The van der Waals surface area contributed by atoms with Crippen molar-refractivity contribution in [2.24, 2.45) is 0 Å². The van der Waals surface area contributed by atoms with Crippen LogP contribution in [0.15, 0.2) is 45.7 Å². The lowest BCUT2D eigenvalue weighted by atomic mass is 10.2. The summed E-state index contributed by atoms with van der Waals surface area (Å²) in [5.74, 6) is 0.220. The molecule has 1 N–H and O–H groups in total. The van der Waals surface area contributed by atoms with Crippen LogP contribution < -0.4 is 5.32 Å². The lowest BCUT2D eigenvalue weighted by molar-refractivity contribution is 0.102. The summed E-state index contributed by atoms with van der Waals surface area (Å²) < 4.78 is 1.23. The predicted octanol–water partition coefficient (Wildman–Crippen LogP) is 3.25. The molecule has 0 atom stereocenters. The fourth-order valence-electron chi connectivity index (χ4n) is 1.21. The largest absolute Gasteiger partial charge is 0.306 e. The number of halogens is 2. The topological polar surface area (TPSA) is 54.9 Å². The maximum absolute atomic E-state index is 11.9. The zero-order valence-electron chi connectivity index (χ0n) is 8.52. The van der Waals surface area contributed by atoms with E-state index >= 15 is 0 Å². The third kappa shape index (κ3) is 2.89. The third-order valence-electron chi connectivity index (χ3n) is 1.99. The van der Waals surface area contributed by atoms with Gasteiger partial charge in [0.1, 0.15) is 10.4 Å². The molecule has 0 aliphatic carbocycles. The van der Waals surface area contributed by atoms with Crippen LogP contribution in [0.2, 0.25) is 0 Å². The van der Waals surface area contributed by atoms with E-state index in [1.165, 1.54) is 0 Å². The lowest BCUT2D eigenvalue weighted by Gasteiger charge is -2.06. The molecule has 0 aliphatic heterocycles. The first-order valence-electron chi connectivity index (χ1n) is 4.71. The first-order valence-corrected chi connectivity index (χ1v) is 6.29. The van der Waals surface area contributed by atoms with Gasteiger partial charge in [-0.2, -0.15) is 0 Å². The number of anilines is 1. The van der Waals surface area contributed by atoms with E-state index in [2.05, 4.69) is 47.1 Å². The highest BCUT2D eigenvalue weighted by Gasteiger charge is 2.12. The van der Waals surface area contributed by atoms with Gasteiger partial charge in [-0.3, -0.25) is 4.79 Å². The molecular formula is C11H7Br2N3O. The first-order chi connectivity index (χ1) is 8.18. The Morgan fingerprint density at radius 3 is 2.53 bits per heavy atom. The van der Waals surface area contributed by atoms with Gasteiger partial charge in [-0.1, -0.05) is 0 Å². The second kappa shape index (κ2) is 5.37. The smallest absolute Gasteiger partial charge is 0.259 e. The van der Waals surface area contributed by atoms with E-state index in [4.69, 9.17) is 0 Å². The zero-order valence-corrected chi connectivity index (χ0v) is 11.7. The number of pyridine rings is 2. The van der Waals surface area contributed by atoms with Crippen molar-refractivity contribution in [1.29, 1.82) is 0 Å². The van der Waals surface area contributed by atoms with Crippen molar-refractivity contribution in [2.75, 3.05) is 5.32 Å². The monoisotopic (exact) mass is 355 g/mol. The van der Waals surface area contributed by atoms with Crippen molar-refractivity contribution < 1.29 is 4.79 Å². The fraction of sp³-hybridized carbons (Fsp3) is 0. The van der Waals surface area contributed by atoms with Crippen molar-refractivity contribution in [3.8, 4) is 0 Å². The molecule has 0 spiro atoms. The molecule has 2 heterocycles. The molecule has 0 radical (unpaired) electrons. The van der Waals surface area contributed by atoms with E-state index < -0.39 is 0 Å². The minimum absolute atomic E-state index is 0.260. The minimum atomic E-state index is -0.260. The molecule has 86 valence electrons. The Labute approximate surface area is 115 Å². The van der Waals surface area contributed by atoms with Gasteiger partial charge in [0.05, 0.1) is 10.0 Å². The highest BCUT2D eigenvalue weighted by molar-refractivity contribution is 9.10. The van der Waals surface area contributed by atoms with Crippen molar-refractivity contribution >= 4 is 43.6 Å². The zero-order chi connectivity index (χ0) is 12.3. The van der Waals surface area contributed by atoms with Crippen LogP contribution in [0.4, 0.5) is 5.82 Å². The highest BCUT2D eigenvalue weighted by Crippen LogP contribution is 2.20. The number of carbonyl (C=O) groups excluding carboxylic acids is 1. The molecule has 0 saturated heterocycles. The number of nitrogens with one attached hydrogen (secondary N) is 1. The molecule has 4 nitrogen and oxygen atoms in total. The fourth-order valence-corrected chi connectivity index (χ4v) is 1.99. The molecule has 2 aromatic rings. The van der Waals surface area contributed by atoms with Crippen LogP contribution in [0.3, 0.4) is 0 Å². The number of hydrogen-bond donors (Lipinski definition) is 1. The molecule has 0 aliphatic rings. The van der Waals surface area contributed by atoms with Crippen LogP contribution in [0.5, 0.6) is 0 Å². The van der Waals surface area contributed by atoms with Crippen molar-refractivity contribution in [1.82, 2.24) is 9.97 Å². The second-order valence-corrected chi connectivity index (χ2v) is 4.74. The molecule has 0 fully saturated rings. The standard InChI is InChI=1S/C11H7Br2N3O/c12-8-4-2-6-15-10(8)16-11(17)7-3-1-5-14-9(7)13/h1-6H,(H,15,16,17). The van der Waals surface area contributed by atoms with Crippen LogP contribution in [-0.4, -0.2) is 15.9 Å². The predicted molar refractivity (Wildman–Crippen MR) is 71.8 cm³/mol. The van der Waals surface area contributed by atoms with Gasteiger partial charge >= 0.3 is 0 Å². The molecule has 0 unspecified atom stereocenters. The number of nitrogens with zero attached hydrogens (tertiary/aromatic N) is 2. The molecular weight excluding hydrogens is 350 g/mol. The maximum atomic E-state index is 11.9.